The second-order valence-corrected chi connectivity index (χ2v) is 8.04. The summed E-state index contributed by atoms with van der Waals surface area (Å²) in [5.74, 6) is 2.02. The third-order valence-electron chi connectivity index (χ3n) is 5.55. The molecule has 2 heterocycles. The van der Waals surface area contributed by atoms with E-state index in [2.05, 4.69) is 26.9 Å². The number of aromatic nitrogens is 2. The number of hydrogen-bond donors (Lipinski definition) is 1. The molecule has 0 spiro atoms. The Kier molecular flexibility index (Phi) is 6.97. The number of likely N-dealkylation sites (tertiary alicyclic amines) is 1. The van der Waals surface area contributed by atoms with Crippen LogP contribution >= 0.6 is 0 Å². The second-order valence-electron chi connectivity index (χ2n) is 8.04. The van der Waals surface area contributed by atoms with Crippen LogP contribution in [0.5, 0.6) is 5.75 Å². The van der Waals surface area contributed by atoms with E-state index in [1.807, 2.05) is 55.5 Å². The molecule has 3 aromatic rings. The lowest BCUT2D eigenvalue weighted by Gasteiger charge is -2.30. The minimum atomic E-state index is -0.00603. The zero-order valence-electron chi connectivity index (χ0n) is 18.3. The molecule has 1 aromatic heterocycles. The van der Waals surface area contributed by atoms with Crippen molar-refractivity contribution in [3.8, 4) is 17.1 Å². The lowest BCUT2D eigenvalue weighted by atomic mass is 9.96. The summed E-state index contributed by atoms with van der Waals surface area (Å²) in [5.41, 5.74) is 2.89. The molecular weight excluding hydrogens is 404 g/mol. The maximum absolute atomic E-state index is 12.7. The molecule has 7 heteroatoms. The van der Waals surface area contributed by atoms with Crippen molar-refractivity contribution in [1.82, 2.24) is 15.0 Å². The molecule has 1 saturated heterocycles. The summed E-state index contributed by atoms with van der Waals surface area (Å²) in [6.45, 7) is 8.36. The van der Waals surface area contributed by atoms with Gasteiger partial charge in [-0.05, 0) is 63.2 Å². The number of amides is 1. The first-order chi connectivity index (χ1) is 15.6. The van der Waals surface area contributed by atoms with E-state index >= 15 is 0 Å². The van der Waals surface area contributed by atoms with Crippen LogP contribution in [0.15, 0.2) is 65.7 Å². The summed E-state index contributed by atoms with van der Waals surface area (Å²) in [4.78, 5) is 19.5. The van der Waals surface area contributed by atoms with Crippen molar-refractivity contribution in [2.75, 3.05) is 25.0 Å². The van der Waals surface area contributed by atoms with Gasteiger partial charge in [0.15, 0.2) is 0 Å². The summed E-state index contributed by atoms with van der Waals surface area (Å²) in [6, 6.07) is 15.4. The third-order valence-corrected chi connectivity index (χ3v) is 5.55. The van der Waals surface area contributed by atoms with Gasteiger partial charge in [0.05, 0.1) is 6.54 Å². The molecule has 1 aliphatic rings. The Bertz CT molecular complexity index is 1050. The van der Waals surface area contributed by atoms with Gasteiger partial charge in [-0.1, -0.05) is 41.6 Å². The standard InChI is InChI=1S/C25H28N4O3/c1-3-15-31-22-9-7-21(8-10-22)26-25(30)19-11-13-29(14-12-19)17-23-27-24(28-32-23)20-6-4-5-18(2)16-20/h3-10,16,19H,1,11-15,17H2,2H3,(H,26,30). The van der Waals surface area contributed by atoms with Gasteiger partial charge in [-0.3, -0.25) is 9.69 Å². The minimum absolute atomic E-state index is 0.00603. The molecule has 1 aliphatic heterocycles. The molecular formula is C25H28N4O3. The van der Waals surface area contributed by atoms with Crippen LogP contribution in [-0.2, 0) is 11.3 Å². The average Bonchev–Trinajstić information content (AvgIpc) is 3.27. The number of nitrogens with one attached hydrogen (secondary N) is 1. The smallest absolute Gasteiger partial charge is 0.241 e. The van der Waals surface area contributed by atoms with E-state index in [0.717, 1.165) is 48.5 Å². The van der Waals surface area contributed by atoms with Crippen molar-refractivity contribution in [2.45, 2.75) is 26.3 Å². The number of carbonyl (C=O) groups excluding carboxylic acids is 1. The quantitative estimate of drug-likeness (QED) is 0.530. The largest absolute Gasteiger partial charge is 0.490 e. The number of piperidine rings is 1. The second kappa shape index (κ2) is 10.2. The highest BCUT2D eigenvalue weighted by atomic mass is 16.5. The fourth-order valence-electron chi connectivity index (χ4n) is 3.80. The zero-order valence-corrected chi connectivity index (χ0v) is 18.3. The first-order valence-electron chi connectivity index (χ1n) is 10.9. The molecule has 0 saturated carbocycles. The van der Waals surface area contributed by atoms with Crippen LogP contribution in [0.2, 0.25) is 0 Å². The molecule has 0 bridgehead atoms. The van der Waals surface area contributed by atoms with Gasteiger partial charge in [-0.15, -0.1) is 0 Å². The van der Waals surface area contributed by atoms with Crippen molar-refractivity contribution in [1.29, 1.82) is 0 Å². The number of ether oxygens (including phenoxy) is 1. The number of nitrogens with zero attached hydrogens (tertiary/aromatic N) is 3. The fraction of sp³-hybridized carbons (Fsp3) is 0.320. The Morgan fingerprint density at radius 3 is 2.75 bits per heavy atom. The number of rotatable bonds is 8. The van der Waals surface area contributed by atoms with E-state index in [-0.39, 0.29) is 11.8 Å². The molecule has 0 aliphatic carbocycles. The summed E-state index contributed by atoms with van der Waals surface area (Å²) >= 11 is 0. The Balaban J connectivity index is 1.25. The van der Waals surface area contributed by atoms with E-state index in [0.29, 0.717) is 24.9 Å². The number of aryl methyl sites for hydroxylation is 1. The van der Waals surface area contributed by atoms with Crippen LogP contribution in [0.4, 0.5) is 5.69 Å². The van der Waals surface area contributed by atoms with Crippen LogP contribution in [0, 0.1) is 12.8 Å². The number of carbonyl (C=O) groups is 1. The molecule has 166 valence electrons. The number of anilines is 1. The maximum atomic E-state index is 12.7. The summed E-state index contributed by atoms with van der Waals surface area (Å²) in [5, 5.41) is 7.13. The number of hydrogen-bond acceptors (Lipinski definition) is 6. The first kappa shape index (κ1) is 21.8. The van der Waals surface area contributed by atoms with Crippen molar-refractivity contribution in [3.05, 3.63) is 72.6 Å². The highest BCUT2D eigenvalue weighted by Crippen LogP contribution is 2.23. The molecule has 1 N–H and O–H groups in total. The van der Waals surface area contributed by atoms with E-state index in [9.17, 15) is 4.79 Å². The Labute approximate surface area is 188 Å². The topological polar surface area (TPSA) is 80.5 Å². The van der Waals surface area contributed by atoms with Crippen molar-refractivity contribution < 1.29 is 14.1 Å². The molecule has 1 amide bonds. The van der Waals surface area contributed by atoms with Crippen LogP contribution in [0.25, 0.3) is 11.4 Å². The molecule has 0 atom stereocenters. The van der Waals surface area contributed by atoms with E-state index < -0.39 is 0 Å². The van der Waals surface area contributed by atoms with Crippen LogP contribution in [0.3, 0.4) is 0 Å². The predicted octanol–water partition coefficient (Wildman–Crippen LogP) is 4.46. The van der Waals surface area contributed by atoms with Crippen molar-refractivity contribution >= 4 is 11.6 Å². The molecule has 0 radical (unpaired) electrons. The molecule has 4 rings (SSSR count). The first-order valence-corrected chi connectivity index (χ1v) is 10.9. The monoisotopic (exact) mass is 432 g/mol. The van der Waals surface area contributed by atoms with Crippen molar-refractivity contribution in [3.63, 3.8) is 0 Å². The van der Waals surface area contributed by atoms with Crippen LogP contribution in [-0.4, -0.2) is 40.6 Å². The average molecular weight is 433 g/mol. The maximum Gasteiger partial charge on any atom is 0.241 e. The van der Waals surface area contributed by atoms with Gasteiger partial charge in [0.1, 0.15) is 12.4 Å². The van der Waals surface area contributed by atoms with Crippen LogP contribution < -0.4 is 10.1 Å². The highest BCUT2D eigenvalue weighted by molar-refractivity contribution is 5.92. The Morgan fingerprint density at radius 2 is 2.03 bits per heavy atom. The van der Waals surface area contributed by atoms with Gasteiger partial charge in [0, 0.05) is 17.2 Å². The molecule has 32 heavy (non-hydrogen) atoms. The van der Waals surface area contributed by atoms with E-state index in [1.165, 1.54) is 0 Å². The summed E-state index contributed by atoms with van der Waals surface area (Å²) in [7, 11) is 0. The normalized spacial score (nSPS) is 14.8. The van der Waals surface area contributed by atoms with Gasteiger partial charge in [0.25, 0.3) is 0 Å². The zero-order chi connectivity index (χ0) is 22.3. The number of benzene rings is 2. The van der Waals surface area contributed by atoms with Gasteiger partial charge < -0.3 is 14.6 Å². The predicted molar refractivity (Wildman–Crippen MR) is 123 cm³/mol. The van der Waals surface area contributed by atoms with E-state index in [1.54, 1.807) is 6.08 Å². The third kappa shape index (κ3) is 5.62. The fourth-order valence-corrected chi connectivity index (χ4v) is 3.80. The van der Waals surface area contributed by atoms with Gasteiger partial charge >= 0.3 is 0 Å². The SMILES string of the molecule is C=CCOc1ccc(NC(=O)C2CCN(Cc3nc(-c4cccc(C)c4)no3)CC2)cc1. The van der Waals surface area contributed by atoms with Gasteiger partial charge in [-0.2, -0.15) is 4.98 Å². The molecule has 1 fully saturated rings. The molecule has 2 aromatic carbocycles. The van der Waals surface area contributed by atoms with Gasteiger partial charge in [-0.25, -0.2) is 0 Å². The molecule has 0 unspecified atom stereocenters. The Hall–Kier alpha value is -3.45. The lowest BCUT2D eigenvalue weighted by Crippen LogP contribution is -2.37. The van der Waals surface area contributed by atoms with E-state index in [4.69, 9.17) is 9.26 Å². The summed E-state index contributed by atoms with van der Waals surface area (Å²) in [6.07, 6.45) is 3.29. The van der Waals surface area contributed by atoms with Gasteiger partial charge in [0.2, 0.25) is 17.6 Å². The minimum Gasteiger partial charge on any atom is -0.490 e. The highest BCUT2D eigenvalue weighted by Gasteiger charge is 2.26. The summed E-state index contributed by atoms with van der Waals surface area (Å²) < 4.78 is 10.9. The molecule has 7 nitrogen and oxygen atoms in total. The lowest BCUT2D eigenvalue weighted by molar-refractivity contribution is -0.121. The Morgan fingerprint density at radius 1 is 1.25 bits per heavy atom. The van der Waals surface area contributed by atoms with Crippen LogP contribution in [0.1, 0.15) is 24.3 Å². The van der Waals surface area contributed by atoms with Crippen molar-refractivity contribution in [2.24, 2.45) is 5.92 Å².